The lowest BCUT2D eigenvalue weighted by atomic mass is 10.1. The molecule has 2 aromatic rings. The van der Waals surface area contributed by atoms with Crippen LogP contribution in [0.25, 0.3) is 10.9 Å². The van der Waals surface area contributed by atoms with Crippen molar-refractivity contribution in [2.45, 2.75) is 46.2 Å². The zero-order valence-electron chi connectivity index (χ0n) is 12.8. The molecule has 0 unspecified atom stereocenters. The third-order valence-corrected chi connectivity index (χ3v) is 3.33. The van der Waals surface area contributed by atoms with E-state index >= 15 is 0 Å². The second kappa shape index (κ2) is 6.57. The van der Waals surface area contributed by atoms with Gasteiger partial charge in [-0.3, -0.25) is 9.59 Å². The minimum absolute atomic E-state index is 0.0414. The van der Waals surface area contributed by atoms with Gasteiger partial charge in [0.2, 0.25) is 5.91 Å². The highest BCUT2D eigenvalue weighted by Gasteiger charge is 2.15. The van der Waals surface area contributed by atoms with Gasteiger partial charge in [-0.1, -0.05) is 25.1 Å². The fourth-order valence-electron chi connectivity index (χ4n) is 2.48. The first-order chi connectivity index (χ1) is 10.0. The molecule has 4 heteroatoms. The van der Waals surface area contributed by atoms with E-state index in [2.05, 4.69) is 5.32 Å². The number of hydrogen-bond acceptors (Lipinski definition) is 2. The van der Waals surface area contributed by atoms with Crippen LogP contribution >= 0.6 is 0 Å². The van der Waals surface area contributed by atoms with Gasteiger partial charge in [-0.2, -0.15) is 0 Å². The Hall–Kier alpha value is -2.10. The molecule has 0 saturated carbocycles. The molecule has 1 aromatic carbocycles. The first-order valence-corrected chi connectivity index (χ1v) is 7.43. The minimum Gasteiger partial charge on any atom is -0.352 e. The normalized spacial score (nSPS) is 11.0. The van der Waals surface area contributed by atoms with Crippen LogP contribution in [0.2, 0.25) is 0 Å². The number of fused-ring (bicyclic) bond motifs is 1. The van der Waals surface area contributed by atoms with Crippen LogP contribution in [0.1, 0.15) is 44.0 Å². The van der Waals surface area contributed by atoms with Crippen LogP contribution < -0.4 is 5.32 Å². The van der Waals surface area contributed by atoms with Gasteiger partial charge in [0.05, 0.1) is 0 Å². The predicted octanol–water partition coefficient (Wildman–Crippen LogP) is 3.15. The van der Waals surface area contributed by atoms with E-state index in [0.29, 0.717) is 12.0 Å². The Morgan fingerprint density at radius 2 is 1.95 bits per heavy atom. The third kappa shape index (κ3) is 3.51. The summed E-state index contributed by atoms with van der Waals surface area (Å²) in [5.41, 5.74) is 1.64. The molecule has 112 valence electrons. The van der Waals surface area contributed by atoms with E-state index < -0.39 is 0 Å². The Morgan fingerprint density at radius 3 is 2.62 bits per heavy atom. The monoisotopic (exact) mass is 286 g/mol. The molecule has 0 aliphatic heterocycles. The zero-order valence-corrected chi connectivity index (χ0v) is 12.8. The Labute approximate surface area is 125 Å². The molecule has 0 fully saturated rings. The lowest BCUT2D eigenvalue weighted by Gasteiger charge is -2.09. The molecule has 0 aliphatic rings. The largest absolute Gasteiger partial charge is 0.352 e. The highest BCUT2D eigenvalue weighted by atomic mass is 16.2. The molecular formula is C17H22N2O2. The summed E-state index contributed by atoms with van der Waals surface area (Å²) < 4.78 is 1.86. The smallest absolute Gasteiger partial charge is 0.240 e. The van der Waals surface area contributed by atoms with E-state index in [1.165, 1.54) is 0 Å². The van der Waals surface area contributed by atoms with Gasteiger partial charge < -0.3 is 9.88 Å². The summed E-state index contributed by atoms with van der Waals surface area (Å²) in [6.07, 6.45) is 3.17. The van der Waals surface area contributed by atoms with Crippen molar-refractivity contribution in [3.63, 3.8) is 0 Å². The van der Waals surface area contributed by atoms with Crippen molar-refractivity contribution in [2.75, 3.05) is 0 Å². The number of amides is 1. The predicted molar refractivity (Wildman–Crippen MR) is 84.5 cm³/mol. The van der Waals surface area contributed by atoms with Crippen molar-refractivity contribution < 1.29 is 9.59 Å². The summed E-state index contributed by atoms with van der Waals surface area (Å²) in [7, 11) is 0. The quantitative estimate of drug-likeness (QED) is 0.829. The third-order valence-electron chi connectivity index (χ3n) is 3.33. The molecule has 2 rings (SSSR count). The number of para-hydroxylation sites is 1. The fraction of sp³-hybridized carbons (Fsp3) is 0.412. The average molecular weight is 286 g/mol. The number of aromatic nitrogens is 1. The topological polar surface area (TPSA) is 51.1 Å². The van der Waals surface area contributed by atoms with Crippen molar-refractivity contribution in [1.82, 2.24) is 9.88 Å². The van der Waals surface area contributed by atoms with Gasteiger partial charge in [0, 0.05) is 35.1 Å². The van der Waals surface area contributed by atoms with Crippen LogP contribution in [-0.4, -0.2) is 22.3 Å². The van der Waals surface area contributed by atoms with Gasteiger partial charge in [0.25, 0.3) is 0 Å². The van der Waals surface area contributed by atoms with Crippen molar-refractivity contribution >= 4 is 22.6 Å². The maximum absolute atomic E-state index is 12.2. The number of hydrogen-bond donors (Lipinski definition) is 1. The van der Waals surface area contributed by atoms with Crippen LogP contribution in [-0.2, 0) is 11.3 Å². The number of nitrogens with one attached hydrogen (secondary N) is 1. The molecule has 21 heavy (non-hydrogen) atoms. The summed E-state index contributed by atoms with van der Waals surface area (Å²) in [5.74, 6) is 0.0944. The number of nitrogens with zero attached hydrogens (tertiary/aromatic N) is 1. The highest BCUT2D eigenvalue weighted by Crippen LogP contribution is 2.23. The number of benzene rings is 1. The molecule has 0 bridgehead atoms. The van der Waals surface area contributed by atoms with Crippen molar-refractivity contribution in [2.24, 2.45) is 0 Å². The number of Topliss-reactive ketones (excluding diaryl/α,β-unsaturated/α-hetero) is 1. The van der Waals surface area contributed by atoms with Gasteiger partial charge in [0.15, 0.2) is 5.78 Å². The van der Waals surface area contributed by atoms with Gasteiger partial charge >= 0.3 is 0 Å². The maximum Gasteiger partial charge on any atom is 0.240 e. The summed E-state index contributed by atoms with van der Waals surface area (Å²) in [6, 6.07) is 7.84. The second-order valence-corrected chi connectivity index (χ2v) is 5.58. The molecule has 0 radical (unpaired) electrons. The van der Waals surface area contributed by atoms with E-state index in [0.717, 1.165) is 17.3 Å². The zero-order chi connectivity index (χ0) is 15.4. The van der Waals surface area contributed by atoms with Gasteiger partial charge in [-0.05, 0) is 26.3 Å². The Kier molecular flexibility index (Phi) is 4.78. The SMILES string of the molecule is CCCC(=O)c1cn(CC(=O)NC(C)C)c2ccccc12. The summed E-state index contributed by atoms with van der Waals surface area (Å²) in [6.45, 7) is 6.09. The fourth-order valence-corrected chi connectivity index (χ4v) is 2.48. The van der Waals surface area contributed by atoms with Crippen molar-refractivity contribution in [3.05, 3.63) is 36.0 Å². The molecule has 0 aliphatic carbocycles. The van der Waals surface area contributed by atoms with Gasteiger partial charge in [0.1, 0.15) is 6.54 Å². The van der Waals surface area contributed by atoms with Gasteiger partial charge in [-0.25, -0.2) is 0 Å². The Bertz CT molecular complexity index is 656. The summed E-state index contributed by atoms with van der Waals surface area (Å²) in [4.78, 5) is 24.2. The second-order valence-electron chi connectivity index (χ2n) is 5.58. The lowest BCUT2D eigenvalue weighted by Crippen LogP contribution is -2.32. The molecule has 1 N–H and O–H groups in total. The number of rotatable bonds is 6. The Balaban J connectivity index is 2.36. The van der Waals surface area contributed by atoms with E-state index in [1.54, 1.807) is 0 Å². The van der Waals surface area contributed by atoms with E-state index in [9.17, 15) is 9.59 Å². The van der Waals surface area contributed by atoms with E-state index in [-0.39, 0.29) is 24.3 Å². The number of ketones is 1. The van der Waals surface area contributed by atoms with Crippen LogP contribution in [0.15, 0.2) is 30.5 Å². The number of carbonyl (C=O) groups is 2. The van der Waals surface area contributed by atoms with Crippen molar-refractivity contribution in [1.29, 1.82) is 0 Å². The van der Waals surface area contributed by atoms with Crippen LogP contribution in [0.3, 0.4) is 0 Å². The number of carbonyl (C=O) groups excluding carboxylic acids is 2. The van der Waals surface area contributed by atoms with Gasteiger partial charge in [-0.15, -0.1) is 0 Å². The molecule has 1 amide bonds. The molecule has 0 saturated heterocycles. The van der Waals surface area contributed by atoms with Crippen molar-refractivity contribution in [3.8, 4) is 0 Å². The highest BCUT2D eigenvalue weighted by molar-refractivity contribution is 6.08. The molecule has 4 nitrogen and oxygen atoms in total. The van der Waals surface area contributed by atoms with Crippen LogP contribution in [0, 0.1) is 0 Å². The molecule has 0 spiro atoms. The van der Waals surface area contributed by atoms with Crippen LogP contribution in [0.5, 0.6) is 0 Å². The molecule has 1 heterocycles. The summed E-state index contributed by atoms with van der Waals surface area (Å²) in [5, 5.41) is 3.80. The Morgan fingerprint density at radius 1 is 1.24 bits per heavy atom. The first kappa shape index (κ1) is 15.3. The van der Waals surface area contributed by atoms with Crippen LogP contribution in [0.4, 0.5) is 0 Å². The lowest BCUT2D eigenvalue weighted by molar-refractivity contribution is -0.122. The average Bonchev–Trinajstić information content (AvgIpc) is 2.77. The molecular weight excluding hydrogens is 264 g/mol. The molecule has 1 aromatic heterocycles. The standard InChI is InChI=1S/C17H22N2O2/c1-4-7-16(20)14-10-19(11-17(21)18-12(2)3)15-9-6-5-8-13(14)15/h5-6,8-10,12H,4,7,11H2,1-3H3,(H,18,21). The minimum atomic E-state index is -0.0414. The van der Waals surface area contributed by atoms with E-state index in [4.69, 9.17) is 0 Å². The maximum atomic E-state index is 12.2. The first-order valence-electron chi connectivity index (χ1n) is 7.43. The van der Waals surface area contributed by atoms with E-state index in [1.807, 2.05) is 55.8 Å². The summed E-state index contributed by atoms with van der Waals surface area (Å²) >= 11 is 0. The molecule has 0 atom stereocenters.